The smallest absolute Gasteiger partial charge is 0.312 e. The molecule has 0 saturated heterocycles. The number of pyridine rings is 1. The molecule has 0 bridgehead atoms. The van der Waals surface area contributed by atoms with E-state index in [4.69, 9.17) is 0 Å². The second kappa shape index (κ2) is 2.17. The minimum absolute atomic E-state index is 0.286. The first-order valence-corrected chi connectivity index (χ1v) is 3.42. The summed E-state index contributed by atoms with van der Waals surface area (Å²) in [6.45, 7) is 1.71. The average Bonchev–Trinajstić information content (AvgIpc) is 2.33. The molecular weight excluding hydrogens is 161 g/mol. The number of hydrogen-bond acceptors (Lipinski definition) is 2. The van der Waals surface area contributed by atoms with Crippen LogP contribution in [0.2, 0.25) is 0 Å². The third-order valence-electron chi connectivity index (χ3n) is 1.72. The molecule has 0 unspecified atom stereocenters. The van der Waals surface area contributed by atoms with Gasteiger partial charge in [-0.3, -0.25) is 0 Å². The van der Waals surface area contributed by atoms with E-state index in [0.717, 1.165) is 6.20 Å². The molecule has 0 saturated carbocycles. The number of hydrogen-bond donors (Lipinski definition) is 1. The van der Waals surface area contributed by atoms with Gasteiger partial charge in [-0.2, -0.15) is 0 Å². The van der Waals surface area contributed by atoms with Gasteiger partial charge in [0.15, 0.2) is 5.82 Å². The molecule has 2 aromatic rings. The van der Waals surface area contributed by atoms with Gasteiger partial charge in [0.05, 0.1) is 11.1 Å². The molecule has 0 fully saturated rings. The summed E-state index contributed by atoms with van der Waals surface area (Å²) in [6, 6.07) is 1.28. The van der Waals surface area contributed by atoms with Crippen molar-refractivity contribution in [3.05, 3.63) is 29.0 Å². The maximum absolute atomic E-state index is 12.7. The summed E-state index contributed by atoms with van der Waals surface area (Å²) < 4.78 is 13.1. The van der Waals surface area contributed by atoms with Crippen LogP contribution < -0.4 is 4.73 Å². The molecule has 0 aromatic carbocycles. The number of nitrogens with zero attached hydrogens (tertiary/aromatic N) is 2. The number of aromatic nitrogens is 3. The quantitative estimate of drug-likeness (QED) is 0.462. The highest BCUT2D eigenvalue weighted by molar-refractivity contribution is 5.74. The van der Waals surface area contributed by atoms with E-state index in [1.807, 2.05) is 0 Å². The summed E-state index contributed by atoms with van der Waals surface area (Å²) in [5.74, 6) is -0.554. The molecule has 2 rings (SSSR count). The fourth-order valence-electron chi connectivity index (χ4n) is 1.12. The molecule has 2 heterocycles. The third-order valence-corrected chi connectivity index (χ3v) is 1.72. The van der Waals surface area contributed by atoms with Crippen LogP contribution in [0, 0.1) is 17.9 Å². The average molecular weight is 167 g/mol. The Balaban J connectivity index is 2.92. The van der Waals surface area contributed by atoms with Gasteiger partial charge in [-0.1, -0.05) is 5.10 Å². The zero-order chi connectivity index (χ0) is 8.72. The maximum atomic E-state index is 12.7. The molecule has 0 spiro atoms. The fraction of sp³-hybridized carbons (Fsp3) is 0.143. The second-order valence-corrected chi connectivity index (χ2v) is 2.56. The fourth-order valence-corrected chi connectivity index (χ4v) is 1.12. The summed E-state index contributed by atoms with van der Waals surface area (Å²) in [4.78, 5) is 0. The minimum atomic E-state index is -0.554. The largest absolute Gasteiger partial charge is 0.710 e. The van der Waals surface area contributed by atoms with Crippen LogP contribution in [-0.2, 0) is 0 Å². The Morgan fingerprint density at radius 2 is 2.42 bits per heavy atom. The Bertz CT molecular complexity index is 437. The van der Waals surface area contributed by atoms with Gasteiger partial charge in [0, 0.05) is 0 Å². The highest BCUT2D eigenvalue weighted by Gasteiger charge is 2.10. The van der Waals surface area contributed by atoms with Crippen molar-refractivity contribution in [1.82, 2.24) is 10.2 Å². The molecule has 0 aliphatic rings. The van der Waals surface area contributed by atoms with Crippen LogP contribution in [0.5, 0.6) is 0 Å². The summed E-state index contributed by atoms with van der Waals surface area (Å²) in [6.07, 6.45) is 0.861. The maximum Gasteiger partial charge on any atom is 0.312 e. The van der Waals surface area contributed by atoms with Crippen LogP contribution in [0.4, 0.5) is 4.39 Å². The van der Waals surface area contributed by atoms with Crippen molar-refractivity contribution in [2.24, 2.45) is 0 Å². The molecule has 0 atom stereocenters. The van der Waals surface area contributed by atoms with Gasteiger partial charge in [0.2, 0.25) is 0 Å². The summed E-state index contributed by atoms with van der Waals surface area (Å²) >= 11 is 0. The number of aromatic amines is 1. The monoisotopic (exact) mass is 167 g/mol. The molecule has 2 aromatic heterocycles. The van der Waals surface area contributed by atoms with Crippen LogP contribution in [-0.4, -0.2) is 10.2 Å². The Labute approximate surface area is 67.2 Å². The molecule has 0 aliphatic heterocycles. The van der Waals surface area contributed by atoms with E-state index in [2.05, 4.69) is 10.2 Å². The van der Waals surface area contributed by atoms with Gasteiger partial charge in [-0.25, -0.2) is 9.12 Å². The third kappa shape index (κ3) is 0.827. The van der Waals surface area contributed by atoms with Gasteiger partial charge in [0.1, 0.15) is 6.20 Å². The SMILES string of the molecule is Cc1n[nH]c2c1cc(F)c[n+]2[O-]. The minimum Gasteiger partial charge on any atom is -0.710 e. The number of halogens is 1. The normalized spacial score (nSPS) is 10.8. The predicted octanol–water partition coefficient (Wildman–Crippen LogP) is 0.644. The standard InChI is InChI=1S/C7H6FN3O/c1-4-6-2-5(8)3-11(12)7(6)10-9-4/h2-3H,1H3,(H,9,10). The van der Waals surface area contributed by atoms with Gasteiger partial charge >= 0.3 is 5.65 Å². The second-order valence-electron chi connectivity index (χ2n) is 2.56. The van der Waals surface area contributed by atoms with Crippen molar-refractivity contribution in [3.63, 3.8) is 0 Å². The molecule has 1 N–H and O–H groups in total. The molecule has 0 amide bonds. The van der Waals surface area contributed by atoms with Crippen LogP contribution >= 0.6 is 0 Å². The molecule has 12 heavy (non-hydrogen) atoms. The number of aryl methyl sites for hydroxylation is 1. The van der Waals surface area contributed by atoms with E-state index in [0.29, 0.717) is 15.8 Å². The van der Waals surface area contributed by atoms with Crippen LogP contribution in [0.3, 0.4) is 0 Å². The first-order valence-electron chi connectivity index (χ1n) is 3.42. The van der Waals surface area contributed by atoms with E-state index >= 15 is 0 Å². The van der Waals surface area contributed by atoms with Crippen molar-refractivity contribution in [3.8, 4) is 0 Å². The highest BCUT2D eigenvalue weighted by Crippen LogP contribution is 2.11. The first-order chi connectivity index (χ1) is 5.68. The zero-order valence-electron chi connectivity index (χ0n) is 6.34. The van der Waals surface area contributed by atoms with Crippen molar-refractivity contribution in [1.29, 1.82) is 0 Å². The first kappa shape index (κ1) is 7.02. The lowest BCUT2D eigenvalue weighted by Gasteiger charge is -2.00. The zero-order valence-corrected chi connectivity index (χ0v) is 6.34. The van der Waals surface area contributed by atoms with Gasteiger partial charge < -0.3 is 5.21 Å². The highest BCUT2D eigenvalue weighted by atomic mass is 19.1. The summed E-state index contributed by atoms with van der Waals surface area (Å²) in [5.41, 5.74) is 0.906. The predicted molar refractivity (Wildman–Crippen MR) is 39.7 cm³/mol. The van der Waals surface area contributed by atoms with E-state index in [1.165, 1.54) is 6.07 Å². The Kier molecular flexibility index (Phi) is 1.27. The Hall–Kier alpha value is -1.65. The lowest BCUT2D eigenvalue weighted by Crippen LogP contribution is -2.27. The Morgan fingerprint density at radius 3 is 3.17 bits per heavy atom. The van der Waals surface area contributed by atoms with Crippen LogP contribution in [0.1, 0.15) is 5.69 Å². The van der Waals surface area contributed by atoms with Crippen LogP contribution in [0.25, 0.3) is 11.0 Å². The topological polar surface area (TPSA) is 55.6 Å². The van der Waals surface area contributed by atoms with E-state index in [1.54, 1.807) is 6.92 Å². The summed E-state index contributed by atoms with van der Waals surface area (Å²) in [7, 11) is 0. The molecule has 0 radical (unpaired) electrons. The van der Waals surface area contributed by atoms with E-state index < -0.39 is 5.82 Å². The van der Waals surface area contributed by atoms with Gasteiger partial charge in [-0.15, -0.1) is 5.10 Å². The number of fused-ring (bicyclic) bond motifs is 1. The molecule has 0 aliphatic carbocycles. The lowest BCUT2D eigenvalue weighted by atomic mass is 10.3. The van der Waals surface area contributed by atoms with Gasteiger partial charge in [0.25, 0.3) is 0 Å². The van der Waals surface area contributed by atoms with Crippen LogP contribution in [0.15, 0.2) is 12.3 Å². The lowest BCUT2D eigenvalue weighted by molar-refractivity contribution is -0.580. The van der Waals surface area contributed by atoms with Crippen molar-refractivity contribution in [2.75, 3.05) is 0 Å². The van der Waals surface area contributed by atoms with Crippen molar-refractivity contribution in [2.45, 2.75) is 6.92 Å². The van der Waals surface area contributed by atoms with Crippen molar-refractivity contribution >= 4 is 11.0 Å². The molecule has 62 valence electrons. The number of rotatable bonds is 0. The number of H-pyrrole nitrogens is 1. The Morgan fingerprint density at radius 1 is 1.67 bits per heavy atom. The summed E-state index contributed by atoms with van der Waals surface area (Å²) in [5, 5.41) is 17.8. The van der Waals surface area contributed by atoms with E-state index in [-0.39, 0.29) is 5.65 Å². The van der Waals surface area contributed by atoms with Crippen molar-refractivity contribution < 1.29 is 9.12 Å². The van der Waals surface area contributed by atoms with Gasteiger partial charge in [-0.05, 0) is 13.0 Å². The molecular formula is C7H6FN3O. The van der Waals surface area contributed by atoms with E-state index in [9.17, 15) is 9.60 Å². The molecule has 4 nitrogen and oxygen atoms in total. The molecule has 5 heteroatoms. The number of nitrogens with one attached hydrogen (secondary N) is 1.